The molecule has 0 saturated heterocycles. The fourth-order valence-electron chi connectivity index (χ4n) is 0.766. The summed E-state index contributed by atoms with van der Waals surface area (Å²) in [7, 11) is 0. The van der Waals surface area contributed by atoms with Crippen molar-refractivity contribution in [2.24, 2.45) is 5.92 Å². The van der Waals surface area contributed by atoms with Crippen LogP contribution in [0.1, 0.15) is 26.2 Å². The van der Waals surface area contributed by atoms with E-state index < -0.39 is 5.97 Å². The van der Waals surface area contributed by atoms with Crippen molar-refractivity contribution in [2.75, 3.05) is 0 Å². The molecule has 58 valence electrons. The van der Waals surface area contributed by atoms with E-state index in [1.807, 2.05) is 6.92 Å². The van der Waals surface area contributed by atoms with E-state index in [1.54, 1.807) is 0 Å². The van der Waals surface area contributed by atoms with E-state index in [0.717, 1.165) is 19.3 Å². The van der Waals surface area contributed by atoms with Gasteiger partial charge >= 0.3 is 5.97 Å². The fraction of sp³-hybridized carbons (Fsp3) is 0.625. The normalized spacial score (nSPS) is 12.5. The van der Waals surface area contributed by atoms with Gasteiger partial charge in [-0.1, -0.05) is 25.8 Å². The summed E-state index contributed by atoms with van der Waals surface area (Å²) in [6.07, 6.45) is 4.22. The molecule has 10 heavy (non-hydrogen) atoms. The highest BCUT2D eigenvalue weighted by Crippen LogP contribution is 2.08. The van der Waals surface area contributed by atoms with Gasteiger partial charge in [0, 0.05) is 0 Å². The maximum atomic E-state index is 10.4. The summed E-state index contributed by atoms with van der Waals surface area (Å²) in [5, 5.41) is 8.53. The molecule has 0 aliphatic heterocycles. The van der Waals surface area contributed by atoms with Crippen LogP contribution in [0.3, 0.4) is 0 Å². The van der Waals surface area contributed by atoms with Crippen LogP contribution in [0.15, 0.2) is 12.7 Å². The van der Waals surface area contributed by atoms with Gasteiger partial charge in [-0.3, -0.25) is 4.79 Å². The number of aliphatic carboxylic acids is 1. The summed E-state index contributed by atoms with van der Waals surface area (Å²) in [5.41, 5.74) is 0. The molecule has 2 heteroatoms. The summed E-state index contributed by atoms with van der Waals surface area (Å²) in [6, 6.07) is 0. The predicted octanol–water partition coefficient (Wildman–Crippen LogP) is 2.06. The molecule has 0 aromatic heterocycles. The Bertz CT molecular complexity index is 118. The average Bonchev–Trinajstić information content (AvgIpc) is 1.89. The van der Waals surface area contributed by atoms with E-state index in [0.29, 0.717) is 0 Å². The van der Waals surface area contributed by atoms with E-state index in [-0.39, 0.29) is 5.92 Å². The van der Waals surface area contributed by atoms with Crippen LogP contribution in [0, 0.1) is 5.92 Å². The predicted molar refractivity (Wildman–Crippen MR) is 40.8 cm³/mol. The van der Waals surface area contributed by atoms with Gasteiger partial charge in [-0.15, -0.1) is 6.58 Å². The summed E-state index contributed by atoms with van der Waals surface area (Å²) >= 11 is 0. The van der Waals surface area contributed by atoms with Crippen molar-refractivity contribution in [3.63, 3.8) is 0 Å². The molecule has 1 atom stereocenters. The first-order valence-electron chi connectivity index (χ1n) is 3.57. The highest BCUT2D eigenvalue weighted by Gasteiger charge is 2.10. The molecule has 1 unspecified atom stereocenters. The number of carboxylic acid groups (broad SMARTS) is 1. The first-order valence-corrected chi connectivity index (χ1v) is 3.57. The molecule has 2 nitrogen and oxygen atoms in total. The van der Waals surface area contributed by atoms with E-state index in [9.17, 15) is 4.79 Å². The summed E-state index contributed by atoms with van der Waals surface area (Å²) < 4.78 is 0. The summed E-state index contributed by atoms with van der Waals surface area (Å²) in [6.45, 7) is 5.50. The Morgan fingerprint density at radius 2 is 2.40 bits per heavy atom. The Kier molecular flexibility index (Phi) is 4.63. The monoisotopic (exact) mass is 142 g/mol. The van der Waals surface area contributed by atoms with Crippen molar-refractivity contribution in [2.45, 2.75) is 26.2 Å². The lowest BCUT2D eigenvalue weighted by molar-refractivity contribution is -0.140. The van der Waals surface area contributed by atoms with E-state index in [2.05, 4.69) is 6.58 Å². The highest BCUT2D eigenvalue weighted by molar-refractivity contribution is 5.71. The molecule has 0 spiro atoms. The Hall–Kier alpha value is -0.790. The number of hydrogen-bond acceptors (Lipinski definition) is 1. The van der Waals surface area contributed by atoms with Crippen LogP contribution in [-0.4, -0.2) is 11.1 Å². The fourth-order valence-corrected chi connectivity index (χ4v) is 0.766. The Balaban J connectivity index is 3.60. The first-order chi connectivity index (χ1) is 4.72. The van der Waals surface area contributed by atoms with Crippen LogP contribution in [0.5, 0.6) is 0 Å². The number of rotatable bonds is 5. The van der Waals surface area contributed by atoms with Crippen molar-refractivity contribution in [3.05, 3.63) is 12.7 Å². The van der Waals surface area contributed by atoms with Crippen LogP contribution in [0.2, 0.25) is 0 Å². The van der Waals surface area contributed by atoms with E-state index in [1.165, 1.54) is 6.08 Å². The third-order valence-electron chi connectivity index (χ3n) is 1.47. The van der Waals surface area contributed by atoms with Crippen LogP contribution >= 0.6 is 0 Å². The van der Waals surface area contributed by atoms with E-state index in [4.69, 9.17) is 5.11 Å². The highest BCUT2D eigenvalue weighted by atomic mass is 16.4. The molecule has 0 amide bonds. The van der Waals surface area contributed by atoms with Gasteiger partial charge in [0.15, 0.2) is 0 Å². The standard InChI is InChI=1S/C8H14O2/c1-3-5-6-7(4-2)8(9)10/h4,7H,2-3,5-6H2,1H3,(H,9,10). The summed E-state index contributed by atoms with van der Waals surface area (Å²) in [4.78, 5) is 10.4. The van der Waals surface area contributed by atoms with Crippen molar-refractivity contribution in [1.29, 1.82) is 0 Å². The topological polar surface area (TPSA) is 37.3 Å². The zero-order chi connectivity index (χ0) is 7.98. The summed E-state index contributed by atoms with van der Waals surface area (Å²) in [5.74, 6) is -1.11. The molecule has 0 aromatic rings. The zero-order valence-electron chi connectivity index (χ0n) is 6.34. The van der Waals surface area contributed by atoms with Crippen LogP contribution in [-0.2, 0) is 4.79 Å². The van der Waals surface area contributed by atoms with Gasteiger partial charge < -0.3 is 5.11 Å². The Morgan fingerprint density at radius 3 is 2.70 bits per heavy atom. The lowest BCUT2D eigenvalue weighted by atomic mass is 10.0. The van der Waals surface area contributed by atoms with Gasteiger partial charge in [0.2, 0.25) is 0 Å². The smallest absolute Gasteiger partial charge is 0.310 e. The third-order valence-corrected chi connectivity index (χ3v) is 1.47. The van der Waals surface area contributed by atoms with Gasteiger partial charge in [-0.05, 0) is 6.42 Å². The molecule has 0 radical (unpaired) electrons. The molecular weight excluding hydrogens is 128 g/mol. The number of carbonyl (C=O) groups is 1. The molecule has 0 aliphatic carbocycles. The zero-order valence-corrected chi connectivity index (χ0v) is 6.34. The molecule has 0 aromatic carbocycles. The minimum Gasteiger partial charge on any atom is -0.481 e. The van der Waals surface area contributed by atoms with E-state index >= 15 is 0 Å². The molecule has 1 N–H and O–H groups in total. The first kappa shape index (κ1) is 9.21. The average molecular weight is 142 g/mol. The molecule has 0 saturated carbocycles. The van der Waals surface area contributed by atoms with Gasteiger partial charge in [-0.2, -0.15) is 0 Å². The second-order valence-electron chi connectivity index (χ2n) is 2.32. The Morgan fingerprint density at radius 1 is 1.80 bits per heavy atom. The largest absolute Gasteiger partial charge is 0.481 e. The van der Waals surface area contributed by atoms with Crippen molar-refractivity contribution in [3.8, 4) is 0 Å². The quantitative estimate of drug-likeness (QED) is 0.596. The van der Waals surface area contributed by atoms with Gasteiger partial charge in [0.25, 0.3) is 0 Å². The molecule has 0 rings (SSSR count). The number of unbranched alkanes of at least 4 members (excludes halogenated alkanes) is 1. The van der Waals surface area contributed by atoms with Crippen molar-refractivity contribution < 1.29 is 9.90 Å². The maximum Gasteiger partial charge on any atom is 0.310 e. The second-order valence-corrected chi connectivity index (χ2v) is 2.32. The molecule has 0 heterocycles. The minimum absolute atomic E-state index is 0.347. The molecule has 0 aliphatic rings. The van der Waals surface area contributed by atoms with Gasteiger partial charge in [0.1, 0.15) is 0 Å². The lowest BCUT2D eigenvalue weighted by Gasteiger charge is -2.03. The van der Waals surface area contributed by atoms with Crippen LogP contribution in [0.25, 0.3) is 0 Å². The van der Waals surface area contributed by atoms with Crippen molar-refractivity contribution in [1.82, 2.24) is 0 Å². The van der Waals surface area contributed by atoms with Crippen LogP contribution < -0.4 is 0 Å². The number of carboxylic acids is 1. The van der Waals surface area contributed by atoms with Gasteiger partial charge in [0.05, 0.1) is 5.92 Å². The third kappa shape index (κ3) is 3.28. The molecule has 0 fully saturated rings. The molecular formula is C8H14O2. The minimum atomic E-state index is -0.761. The maximum absolute atomic E-state index is 10.4. The second kappa shape index (κ2) is 5.03. The lowest BCUT2D eigenvalue weighted by Crippen LogP contribution is -2.09. The molecule has 0 bridgehead atoms. The van der Waals surface area contributed by atoms with Crippen molar-refractivity contribution >= 4 is 5.97 Å². The number of hydrogen-bond donors (Lipinski definition) is 1. The SMILES string of the molecule is C=CC(CCCC)C(=O)O. The van der Waals surface area contributed by atoms with Gasteiger partial charge in [-0.25, -0.2) is 0 Å². The van der Waals surface area contributed by atoms with Crippen LogP contribution in [0.4, 0.5) is 0 Å². The Labute approximate surface area is 61.6 Å².